The molecule has 0 unspecified atom stereocenters. The zero-order chi connectivity index (χ0) is 18.5. The molecule has 3 heterocycles. The molecule has 2 N–H and O–H groups in total. The summed E-state index contributed by atoms with van der Waals surface area (Å²) in [5.41, 5.74) is 3.59. The lowest BCUT2D eigenvalue weighted by Gasteiger charge is -2.31. The van der Waals surface area contributed by atoms with Crippen LogP contribution in [-0.4, -0.2) is 47.0 Å². The van der Waals surface area contributed by atoms with Crippen LogP contribution < -0.4 is 5.32 Å². The van der Waals surface area contributed by atoms with Crippen LogP contribution in [0.3, 0.4) is 0 Å². The summed E-state index contributed by atoms with van der Waals surface area (Å²) in [6.07, 6.45) is 6.97. The molecule has 3 aromatic rings. The summed E-state index contributed by atoms with van der Waals surface area (Å²) in [4.78, 5) is 22.1. The zero-order valence-electron chi connectivity index (χ0n) is 15.5. The predicted octanol–water partition coefficient (Wildman–Crippen LogP) is 3.10. The minimum Gasteiger partial charge on any atom is -0.355 e. The van der Waals surface area contributed by atoms with Crippen LogP contribution in [0.4, 0.5) is 0 Å². The largest absolute Gasteiger partial charge is 0.355 e. The normalized spacial score (nSPS) is 15.9. The van der Waals surface area contributed by atoms with Crippen molar-refractivity contribution in [3.8, 4) is 0 Å². The van der Waals surface area contributed by atoms with Gasteiger partial charge >= 0.3 is 0 Å². The second kappa shape index (κ2) is 8.35. The summed E-state index contributed by atoms with van der Waals surface area (Å²) in [5.74, 6) is 0.668. The van der Waals surface area contributed by atoms with E-state index in [0.29, 0.717) is 19.0 Å². The van der Waals surface area contributed by atoms with E-state index in [1.807, 2.05) is 30.5 Å². The van der Waals surface area contributed by atoms with Gasteiger partial charge in [0.1, 0.15) is 5.65 Å². The molecule has 0 bridgehead atoms. The number of rotatable bonds is 6. The Bertz CT molecular complexity index is 881. The standard InChI is InChI=1S/C22H26N4O/c27-21(23-12-8-17-5-2-1-3-6-17)16-26-13-9-18(10-14-26)20-15-25-22-19(20)7-4-11-24-22/h1-7,11,15,18H,8-10,12-14,16H2,(H,23,27)(H,24,25). The number of aromatic nitrogens is 2. The second-order valence-electron chi connectivity index (χ2n) is 7.28. The molecule has 0 aliphatic carbocycles. The molecule has 2 aromatic heterocycles. The zero-order valence-corrected chi connectivity index (χ0v) is 15.5. The number of nitrogens with one attached hydrogen (secondary N) is 2. The van der Waals surface area contributed by atoms with Gasteiger partial charge in [-0.1, -0.05) is 30.3 Å². The minimum absolute atomic E-state index is 0.126. The Kier molecular flexibility index (Phi) is 5.49. The maximum Gasteiger partial charge on any atom is 0.234 e. The van der Waals surface area contributed by atoms with Crippen molar-refractivity contribution in [1.82, 2.24) is 20.2 Å². The van der Waals surface area contributed by atoms with Gasteiger partial charge in [-0.25, -0.2) is 4.98 Å². The number of nitrogens with zero attached hydrogens (tertiary/aromatic N) is 2. The van der Waals surface area contributed by atoms with Crippen molar-refractivity contribution in [2.75, 3.05) is 26.2 Å². The third kappa shape index (κ3) is 4.37. The number of carbonyl (C=O) groups is 1. The predicted molar refractivity (Wildman–Crippen MR) is 108 cm³/mol. The Labute approximate surface area is 159 Å². The highest BCUT2D eigenvalue weighted by Crippen LogP contribution is 2.32. The number of piperidine rings is 1. The van der Waals surface area contributed by atoms with Crippen LogP contribution in [0.5, 0.6) is 0 Å². The van der Waals surface area contributed by atoms with Crippen LogP contribution in [0.2, 0.25) is 0 Å². The molecule has 1 aliphatic rings. The Morgan fingerprint density at radius 3 is 2.78 bits per heavy atom. The highest BCUT2D eigenvalue weighted by molar-refractivity contribution is 5.80. The van der Waals surface area contributed by atoms with Gasteiger partial charge in [-0.05, 0) is 61.5 Å². The average molecular weight is 362 g/mol. The number of hydrogen-bond acceptors (Lipinski definition) is 3. The molecule has 27 heavy (non-hydrogen) atoms. The summed E-state index contributed by atoms with van der Waals surface area (Å²) < 4.78 is 0. The van der Waals surface area contributed by atoms with Gasteiger partial charge in [0.2, 0.25) is 5.91 Å². The van der Waals surface area contributed by atoms with E-state index in [1.165, 1.54) is 16.5 Å². The maximum absolute atomic E-state index is 12.2. The molecule has 5 heteroatoms. The van der Waals surface area contributed by atoms with Crippen LogP contribution in [0, 0.1) is 0 Å². The molecule has 1 aromatic carbocycles. The highest BCUT2D eigenvalue weighted by atomic mass is 16.2. The van der Waals surface area contributed by atoms with Crippen molar-refractivity contribution in [3.05, 3.63) is 66.0 Å². The van der Waals surface area contributed by atoms with Crippen molar-refractivity contribution in [2.45, 2.75) is 25.2 Å². The van der Waals surface area contributed by atoms with Crippen LogP contribution in [0.25, 0.3) is 11.0 Å². The number of likely N-dealkylation sites (tertiary alicyclic amines) is 1. The molecule has 0 radical (unpaired) electrons. The van der Waals surface area contributed by atoms with Gasteiger partial charge in [0, 0.05) is 24.3 Å². The molecule has 0 saturated carbocycles. The van der Waals surface area contributed by atoms with Crippen LogP contribution >= 0.6 is 0 Å². The Morgan fingerprint density at radius 1 is 1.15 bits per heavy atom. The van der Waals surface area contributed by atoms with E-state index in [-0.39, 0.29) is 5.91 Å². The fourth-order valence-electron chi connectivity index (χ4n) is 3.97. The van der Waals surface area contributed by atoms with Crippen molar-refractivity contribution in [2.24, 2.45) is 0 Å². The lowest BCUT2D eigenvalue weighted by Crippen LogP contribution is -2.41. The highest BCUT2D eigenvalue weighted by Gasteiger charge is 2.23. The van der Waals surface area contributed by atoms with E-state index in [4.69, 9.17) is 0 Å². The van der Waals surface area contributed by atoms with Crippen molar-refractivity contribution in [1.29, 1.82) is 0 Å². The molecule has 1 aliphatic heterocycles. The van der Waals surface area contributed by atoms with E-state index in [2.05, 4.69) is 44.6 Å². The van der Waals surface area contributed by atoms with Crippen LogP contribution in [0.1, 0.15) is 29.9 Å². The summed E-state index contributed by atoms with van der Waals surface area (Å²) in [5, 5.41) is 4.28. The maximum atomic E-state index is 12.2. The molecule has 5 nitrogen and oxygen atoms in total. The first kappa shape index (κ1) is 17.7. The number of amides is 1. The second-order valence-corrected chi connectivity index (χ2v) is 7.28. The number of fused-ring (bicyclic) bond motifs is 1. The first-order valence-electron chi connectivity index (χ1n) is 9.74. The van der Waals surface area contributed by atoms with Crippen molar-refractivity contribution >= 4 is 16.9 Å². The number of benzene rings is 1. The molecule has 0 spiro atoms. The van der Waals surface area contributed by atoms with Gasteiger partial charge in [0.25, 0.3) is 0 Å². The van der Waals surface area contributed by atoms with Gasteiger partial charge in [-0.15, -0.1) is 0 Å². The fraction of sp³-hybridized carbons (Fsp3) is 0.364. The molecule has 1 amide bonds. The Morgan fingerprint density at radius 2 is 1.96 bits per heavy atom. The average Bonchev–Trinajstić information content (AvgIpc) is 3.14. The number of hydrogen-bond donors (Lipinski definition) is 2. The third-order valence-electron chi connectivity index (χ3n) is 5.46. The number of carbonyl (C=O) groups excluding carboxylic acids is 1. The van der Waals surface area contributed by atoms with Gasteiger partial charge in [-0.2, -0.15) is 0 Å². The molecule has 1 saturated heterocycles. The number of H-pyrrole nitrogens is 1. The first-order valence-corrected chi connectivity index (χ1v) is 9.74. The topological polar surface area (TPSA) is 61.0 Å². The quantitative estimate of drug-likeness (QED) is 0.708. The molecule has 1 fully saturated rings. The fourth-order valence-corrected chi connectivity index (χ4v) is 3.97. The van der Waals surface area contributed by atoms with E-state index >= 15 is 0 Å². The van der Waals surface area contributed by atoms with Crippen molar-refractivity contribution < 1.29 is 4.79 Å². The van der Waals surface area contributed by atoms with Crippen LogP contribution in [-0.2, 0) is 11.2 Å². The van der Waals surface area contributed by atoms with Gasteiger partial charge in [-0.3, -0.25) is 9.69 Å². The first-order chi connectivity index (χ1) is 13.3. The molecule has 0 atom stereocenters. The van der Waals surface area contributed by atoms with Crippen LogP contribution in [0.15, 0.2) is 54.9 Å². The number of aromatic amines is 1. The summed E-state index contributed by atoms with van der Waals surface area (Å²) >= 11 is 0. The van der Waals surface area contributed by atoms with E-state index < -0.39 is 0 Å². The molecular formula is C22H26N4O. The van der Waals surface area contributed by atoms with Gasteiger partial charge in [0.15, 0.2) is 0 Å². The molecule has 4 rings (SSSR count). The minimum atomic E-state index is 0.126. The third-order valence-corrected chi connectivity index (χ3v) is 5.46. The summed E-state index contributed by atoms with van der Waals surface area (Å²) in [7, 11) is 0. The SMILES string of the molecule is O=C(CN1CCC(c2c[nH]c3ncccc23)CC1)NCCc1ccccc1. The summed E-state index contributed by atoms with van der Waals surface area (Å²) in [6.45, 7) is 3.12. The smallest absolute Gasteiger partial charge is 0.234 e. The summed E-state index contributed by atoms with van der Waals surface area (Å²) in [6, 6.07) is 14.4. The Balaban J connectivity index is 1.23. The monoisotopic (exact) mass is 362 g/mol. The molecular weight excluding hydrogens is 336 g/mol. The van der Waals surface area contributed by atoms with Crippen molar-refractivity contribution in [3.63, 3.8) is 0 Å². The Hall–Kier alpha value is -2.66. The molecule has 140 valence electrons. The van der Waals surface area contributed by atoms with E-state index in [9.17, 15) is 4.79 Å². The lowest BCUT2D eigenvalue weighted by atomic mass is 9.89. The number of pyridine rings is 1. The van der Waals surface area contributed by atoms with Gasteiger partial charge < -0.3 is 10.3 Å². The van der Waals surface area contributed by atoms with Gasteiger partial charge in [0.05, 0.1) is 6.54 Å². The lowest BCUT2D eigenvalue weighted by molar-refractivity contribution is -0.122. The van der Waals surface area contributed by atoms with E-state index in [0.717, 1.165) is 38.0 Å². The van der Waals surface area contributed by atoms with E-state index in [1.54, 1.807) is 0 Å².